The molecule has 2 nitrogen and oxygen atoms in total. The van der Waals surface area contributed by atoms with Gasteiger partial charge in [0.2, 0.25) is 0 Å². The maximum Gasteiger partial charge on any atom is 0.126 e. The first-order valence-electron chi connectivity index (χ1n) is 6.02. The van der Waals surface area contributed by atoms with E-state index in [9.17, 15) is 9.50 Å². The molecular formula is C15H15BrFNO. The topological polar surface area (TPSA) is 32.3 Å². The maximum absolute atomic E-state index is 12.9. The Morgan fingerprint density at radius 2 is 2.05 bits per heavy atom. The van der Waals surface area contributed by atoms with Gasteiger partial charge in [-0.15, -0.1) is 0 Å². The molecule has 1 unspecified atom stereocenters. The molecule has 0 aliphatic heterocycles. The Hall–Kier alpha value is -1.39. The van der Waals surface area contributed by atoms with Crippen molar-refractivity contribution in [1.82, 2.24) is 5.32 Å². The maximum atomic E-state index is 12.9. The molecule has 0 heterocycles. The number of phenols is 1. The van der Waals surface area contributed by atoms with Crippen LogP contribution in [-0.4, -0.2) is 5.11 Å². The summed E-state index contributed by atoms with van der Waals surface area (Å²) in [4.78, 5) is 0. The highest BCUT2D eigenvalue weighted by atomic mass is 79.9. The second-order valence-corrected chi connectivity index (χ2v) is 5.35. The van der Waals surface area contributed by atoms with Crippen molar-refractivity contribution < 1.29 is 9.50 Å². The summed E-state index contributed by atoms with van der Waals surface area (Å²) < 4.78 is 14.0. The number of rotatable bonds is 4. The van der Waals surface area contributed by atoms with Gasteiger partial charge in [-0.05, 0) is 30.7 Å². The van der Waals surface area contributed by atoms with Gasteiger partial charge in [0.1, 0.15) is 11.6 Å². The first-order chi connectivity index (χ1) is 9.06. The van der Waals surface area contributed by atoms with E-state index < -0.39 is 5.82 Å². The Kier molecular flexibility index (Phi) is 4.56. The lowest BCUT2D eigenvalue weighted by Crippen LogP contribution is -2.18. The average Bonchev–Trinajstić information content (AvgIpc) is 2.36. The van der Waals surface area contributed by atoms with Crippen LogP contribution in [0, 0.1) is 5.82 Å². The molecule has 0 aromatic heterocycles. The molecule has 100 valence electrons. The van der Waals surface area contributed by atoms with E-state index in [2.05, 4.69) is 21.2 Å². The van der Waals surface area contributed by atoms with Gasteiger partial charge >= 0.3 is 0 Å². The van der Waals surface area contributed by atoms with Crippen molar-refractivity contribution in [2.24, 2.45) is 0 Å². The quantitative estimate of drug-likeness (QED) is 0.886. The lowest BCUT2D eigenvalue weighted by molar-refractivity contribution is 0.446. The lowest BCUT2D eigenvalue weighted by atomic mass is 10.1. The van der Waals surface area contributed by atoms with E-state index in [-0.39, 0.29) is 11.8 Å². The molecule has 1 atom stereocenters. The number of hydrogen-bond acceptors (Lipinski definition) is 2. The average molecular weight is 324 g/mol. The fourth-order valence-electron chi connectivity index (χ4n) is 1.91. The lowest BCUT2D eigenvalue weighted by Gasteiger charge is -2.15. The minimum Gasteiger partial charge on any atom is -0.508 e. The molecule has 0 amide bonds. The van der Waals surface area contributed by atoms with E-state index >= 15 is 0 Å². The molecule has 2 aromatic carbocycles. The van der Waals surface area contributed by atoms with Gasteiger partial charge in [-0.3, -0.25) is 0 Å². The molecule has 0 aliphatic carbocycles. The highest BCUT2D eigenvalue weighted by Crippen LogP contribution is 2.25. The molecule has 0 bridgehead atoms. The van der Waals surface area contributed by atoms with E-state index in [0.29, 0.717) is 12.1 Å². The Morgan fingerprint density at radius 1 is 1.26 bits per heavy atom. The minimum absolute atomic E-state index is 0.0192. The van der Waals surface area contributed by atoms with Crippen LogP contribution in [0.1, 0.15) is 24.1 Å². The summed E-state index contributed by atoms with van der Waals surface area (Å²) in [6, 6.07) is 12.0. The monoisotopic (exact) mass is 323 g/mol. The van der Waals surface area contributed by atoms with Crippen LogP contribution in [0.5, 0.6) is 5.75 Å². The standard InChI is InChI=1S/C15H15BrFNO/c1-10(14-6-5-13(17)8-15(14)19)18-9-11-3-2-4-12(16)7-11/h2-8,10,18-19H,9H2,1H3. The van der Waals surface area contributed by atoms with Crippen molar-refractivity contribution in [3.63, 3.8) is 0 Å². The van der Waals surface area contributed by atoms with Crippen LogP contribution in [0.2, 0.25) is 0 Å². The highest BCUT2D eigenvalue weighted by molar-refractivity contribution is 9.10. The molecule has 0 spiro atoms. The van der Waals surface area contributed by atoms with E-state index in [1.54, 1.807) is 6.07 Å². The molecule has 2 N–H and O–H groups in total. The fourth-order valence-corrected chi connectivity index (χ4v) is 2.36. The van der Waals surface area contributed by atoms with E-state index in [4.69, 9.17) is 0 Å². The van der Waals surface area contributed by atoms with Crippen molar-refractivity contribution in [2.45, 2.75) is 19.5 Å². The zero-order chi connectivity index (χ0) is 13.8. The smallest absolute Gasteiger partial charge is 0.126 e. The molecule has 19 heavy (non-hydrogen) atoms. The number of nitrogens with one attached hydrogen (secondary N) is 1. The largest absolute Gasteiger partial charge is 0.508 e. The highest BCUT2D eigenvalue weighted by Gasteiger charge is 2.10. The first kappa shape index (κ1) is 14.0. The Labute approximate surface area is 120 Å². The zero-order valence-electron chi connectivity index (χ0n) is 10.5. The van der Waals surface area contributed by atoms with E-state index in [0.717, 1.165) is 16.1 Å². The summed E-state index contributed by atoms with van der Waals surface area (Å²) in [5.41, 5.74) is 1.83. The summed E-state index contributed by atoms with van der Waals surface area (Å²) in [6.07, 6.45) is 0. The van der Waals surface area contributed by atoms with Crippen molar-refractivity contribution in [3.8, 4) is 5.75 Å². The first-order valence-corrected chi connectivity index (χ1v) is 6.82. The Bertz CT molecular complexity index is 574. The second-order valence-electron chi connectivity index (χ2n) is 4.44. The second kappa shape index (κ2) is 6.17. The van der Waals surface area contributed by atoms with Crippen molar-refractivity contribution in [2.75, 3.05) is 0 Å². The van der Waals surface area contributed by atoms with Crippen LogP contribution in [0.15, 0.2) is 46.9 Å². The molecular weight excluding hydrogens is 309 g/mol. The predicted octanol–water partition coefficient (Wildman–Crippen LogP) is 4.14. The summed E-state index contributed by atoms with van der Waals surface area (Å²) in [5.74, 6) is -0.449. The van der Waals surface area contributed by atoms with Gasteiger partial charge < -0.3 is 10.4 Å². The van der Waals surface area contributed by atoms with Crippen LogP contribution in [0.3, 0.4) is 0 Å². The predicted molar refractivity (Wildman–Crippen MR) is 77.5 cm³/mol. The summed E-state index contributed by atoms with van der Waals surface area (Å²) >= 11 is 3.42. The molecule has 0 radical (unpaired) electrons. The van der Waals surface area contributed by atoms with Crippen molar-refractivity contribution >= 4 is 15.9 Å². The number of benzene rings is 2. The molecule has 2 rings (SSSR count). The molecule has 0 aliphatic rings. The number of halogens is 2. The van der Waals surface area contributed by atoms with Crippen LogP contribution in [-0.2, 0) is 6.54 Å². The third-order valence-corrected chi connectivity index (χ3v) is 3.45. The van der Waals surface area contributed by atoms with Crippen LogP contribution in [0.25, 0.3) is 0 Å². The van der Waals surface area contributed by atoms with Gasteiger partial charge in [-0.1, -0.05) is 34.1 Å². The van der Waals surface area contributed by atoms with Crippen LogP contribution >= 0.6 is 15.9 Å². The van der Waals surface area contributed by atoms with Gasteiger partial charge in [0.05, 0.1) is 0 Å². The molecule has 0 fully saturated rings. The fraction of sp³-hybridized carbons (Fsp3) is 0.200. The van der Waals surface area contributed by atoms with Gasteiger partial charge in [-0.2, -0.15) is 0 Å². The zero-order valence-corrected chi connectivity index (χ0v) is 12.1. The Balaban J connectivity index is 2.03. The molecule has 0 saturated heterocycles. The Morgan fingerprint density at radius 3 is 2.74 bits per heavy atom. The number of phenolic OH excluding ortho intramolecular Hbond substituents is 1. The van der Waals surface area contributed by atoms with Gasteiger partial charge in [0, 0.05) is 28.7 Å². The summed E-state index contributed by atoms with van der Waals surface area (Å²) in [5, 5.41) is 13.0. The van der Waals surface area contributed by atoms with E-state index in [1.807, 2.05) is 31.2 Å². The normalized spacial score (nSPS) is 12.4. The van der Waals surface area contributed by atoms with Gasteiger partial charge in [0.25, 0.3) is 0 Å². The van der Waals surface area contributed by atoms with Gasteiger partial charge in [0.15, 0.2) is 0 Å². The molecule has 4 heteroatoms. The number of aromatic hydroxyl groups is 1. The summed E-state index contributed by atoms with van der Waals surface area (Å²) in [6.45, 7) is 2.61. The molecule has 0 saturated carbocycles. The van der Waals surface area contributed by atoms with E-state index in [1.165, 1.54) is 6.07 Å². The third kappa shape index (κ3) is 3.78. The molecule has 2 aromatic rings. The van der Waals surface area contributed by atoms with Crippen LogP contribution in [0.4, 0.5) is 4.39 Å². The third-order valence-electron chi connectivity index (χ3n) is 2.96. The van der Waals surface area contributed by atoms with Gasteiger partial charge in [-0.25, -0.2) is 4.39 Å². The van der Waals surface area contributed by atoms with Crippen molar-refractivity contribution in [3.05, 3.63) is 63.9 Å². The SMILES string of the molecule is CC(NCc1cccc(Br)c1)c1ccc(F)cc1O. The summed E-state index contributed by atoms with van der Waals surface area (Å²) in [7, 11) is 0. The number of hydrogen-bond donors (Lipinski definition) is 2. The minimum atomic E-state index is -0.430. The van der Waals surface area contributed by atoms with Crippen LogP contribution < -0.4 is 5.32 Å². The van der Waals surface area contributed by atoms with Crippen molar-refractivity contribution in [1.29, 1.82) is 0 Å².